The van der Waals surface area contributed by atoms with Crippen molar-refractivity contribution in [3.05, 3.63) is 57.9 Å². The van der Waals surface area contributed by atoms with Crippen molar-refractivity contribution in [2.45, 2.75) is 39.5 Å². The number of aryl methyl sites for hydroxylation is 1. The Balaban J connectivity index is 1.80. The molecule has 1 N–H and O–H groups in total. The molecule has 3 aromatic rings. The Labute approximate surface area is 147 Å². The number of nitrogens with one attached hydrogen (secondary N) is 1. The molecular formula is C21H24N2O2. The largest absolute Gasteiger partial charge is 0.373 e. The molecule has 0 bridgehead atoms. The summed E-state index contributed by atoms with van der Waals surface area (Å²) < 4.78 is 5.81. The number of benzene rings is 2. The molecule has 0 radical (unpaired) electrons. The second kappa shape index (κ2) is 6.28. The van der Waals surface area contributed by atoms with Gasteiger partial charge in [-0.25, -0.2) is 0 Å². The van der Waals surface area contributed by atoms with Gasteiger partial charge in [-0.2, -0.15) is 0 Å². The van der Waals surface area contributed by atoms with Gasteiger partial charge in [0.25, 0.3) is 0 Å². The molecule has 1 saturated heterocycles. The molecule has 4 heteroatoms. The molecule has 2 aromatic carbocycles. The van der Waals surface area contributed by atoms with Crippen LogP contribution in [0.1, 0.15) is 25.1 Å². The zero-order valence-electron chi connectivity index (χ0n) is 15.0. The normalized spacial score (nSPS) is 21.9. The van der Waals surface area contributed by atoms with Crippen LogP contribution in [0.15, 0.2) is 41.2 Å². The summed E-state index contributed by atoms with van der Waals surface area (Å²) in [4.78, 5) is 19.0. The lowest BCUT2D eigenvalue weighted by molar-refractivity contribution is -0.0706. The molecule has 0 spiro atoms. The Hall–Kier alpha value is -2.17. The number of morpholine rings is 1. The molecule has 1 aliphatic rings. The third-order valence-electron chi connectivity index (χ3n) is 5.09. The number of hydrogen-bond acceptors (Lipinski definition) is 3. The number of pyridine rings is 1. The summed E-state index contributed by atoms with van der Waals surface area (Å²) in [6.45, 7) is 8.57. The van der Waals surface area contributed by atoms with Crippen molar-refractivity contribution < 1.29 is 4.74 Å². The lowest BCUT2D eigenvalue weighted by Gasteiger charge is -2.35. The van der Waals surface area contributed by atoms with Gasteiger partial charge in [0.05, 0.1) is 17.7 Å². The number of aromatic nitrogens is 1. The minimum atomic E-state index is 0.142. The molecule has 4 nitrogen and oxygen atoms in total. The maximum atomic E-state index is 13.2. The average molecular weight is 336 g/mol. The summed E-state index contributed by atoms with van der Waals surface area (Å²) in [7, 11) is 0. The smallest absolute Gasteiger partial charge is 0.194 e. The van der Waals surface area contributed by atoms with E-state index in [1.54, 1.807) is 0 Å². The lowest BCUT2D eigenvalue weighted by atomic mass is 10.0. The summed E-state index contributed by atoms with van der Waals surface area (Å²) in [5.74, 6) is 0. The average Bonchev–Trinajstić information content (AvgIpc) is 2.57. The molecule has 0 unspecified atom stereocenters. The molecule has 2 heterocycles. The fourth-order valence-corrected chi connectivity index (χ4v) is 4.02. The third kappa shape index (κ3) is 2.96. The highest BCUT2D eigenvalue weighted by Gasteiger charge is 2.23. The number of nitrogens with zero attached hydrogens (tertiary/aromatic N) is 1. The minimum absolute atomic E-state index is 0.142. The van der Waals surface area contributed by atoms with Crippen LogP contribution in [-0.4, -0.2) is 35.2 Å². The highest BCUT2D eigenvalue weighted by atomic mass is 16.5. The van der Waals surface area contributed by atoms with Gasteiger partial charge >= 0.3 is 0 Å². The van der Waals surface area contributed by atoms with Crippen LogP contribution in [0.25, 0.3) is 21.7 Å². The number of fused-ring (bicyclic) bond motifs is 3. The summed E-state index contributed by atoms with van der Waals surface area (Å²) in [6.07, 6.45) is 0.403. The van der Waals surface area contributed by atoms with E-state index in [1.807, 2.05) is 31.2 Å². The fourth-order valence-electron chi connectivity index (χ4n) is 4.02. The first-order valence-corrected chi connectivity index (χ1v) is 8.94. The number of hydrogen-bond donors (Lipinski definition) is 1. The summed E-state index contributed by atoms with van der Waals surface area (Å²) in [5.41, 5.74) is 2.90. The van der Waals surface area contributed by atoms with Crippen LogP contribution in [0.2, 0.25) is 0 Å². The van der Waals surface area contributed by atoms with Crippen molar-refractivity contribution in [3.8, 4) is 0 Å². The van der Waals surface area contributed by atoms with Crippen molar-refractivity contribution >= 4 is 21.7 Å². The number of H-pyrrole nitrogens is 1. The highest BCUT2D eigenvalue weighted by molar-refractivity contribution is 6.05. The highest BCUT2D eigenvalue weighted by Crippen LogP contribution is 2.23. The molecular weight excluding hydrogens is 312 g/mol. The van der Waals surface area contributed by atoms with Gasteiger partial charge in [-0.15, -0.1) is 0 Å². The second-order valence-corrected chi connectivity index (χ2v) is 7.22. The summed E-state index contributed by atoms with van der Waals surface area (Å²) >= 11 is 0. The zero-order valence-corrected chi connectivity index (χ0v) is 15.0. The van der Waals surface area contributed by atoms with Crippen molar-refractivity contribution in [1.29, 1.82) is 0 Å². The van der Waals surface area contributed by atoms with E-state index < -0.39 is 0 Å². The van der Waals surface area contributed by atoms with Crippen LogP contribution in [0.4, 0.5) is 0 Å². The van der Waals surface area contributed by atoms with Gasteiger partial charge < -0.3 is 9.72 Å². The molecule has 4 rings (SSSR count). The Kier molecular flexibility index (Phi) is 4.10. The van der Waals surface area contributed by atoms with Crippen LogP contribution < -0.4 is 5.43 Å². The van der Waals surface area contributed by atoms with Crippen LogP contribution in [0.5, 0.6) is 0 Å². The van der Waals surface area contributed by atoms with Gasteiger partial charge in [0.2, 0.25) is 0 Å². The van der Waals surface area contributed by atoms with Gasteiger partial charge in [-0.1, -0.05) is 30.3 Å². The second-order valence-electron chi connectivity index (χ2n) is 7.22. The number of ether oxygens (including phenoxy) is 1. The monoisotopic (exact) mass is 336 g/mol. The van der Waals surface area contributed by atoms with Crippen molar-refractivity contribution in [2.75, 3.05) is 13.1 Å². The van der Waals surface area contributed by atoms with E-state index in [9.17, 15) is 4.79 Å². The van der Waals surface area contributed by atoms with Gasteiger partial charge in [0.1, 0.15) is 0 Å². The lowest BCUT2D eigenvalue weighted by Crippen LogP contribution is -2.45. The Morgan fingerprint density at radius 2 is 1.80 bits per heavy atom. The van der Waals surface area contributed by atoms with E-state index in [1.165, 1.54) is 0 Å². The molecule has 0 amide bonds. The third-order valence-corrected chi connectivity index (χ3v) is 5.09. The van der Waals surface area contributed by atoms with E-state index in [0.717, 1.165) is 46.0 Å². The van der Waals surface area contributed by atoms with Crippen LogP contribution in [0.3, 0.4) is 0 Å². The van der Waals surface area contributed by atoms with E-state index >= 15 is 0 Å². The van der Waals surface area contributed by atoms with Crippen molar-refractivity contribution in [1.82, 2.24) is 9.88 Å². The molecule has 1 fully saturated rings. The van der Waals surface area contributed by atoms with Gasteiger partial charge in [0, 0.05) is 41.7 Å². The van der Waals surface area contributed by atoms with Gasteiger partial charge in [-0.05, 0) is 32.2 Å². The topological polar surface area (TPSA) is 45.3 Å². The maximum absolute atomic E-state index is 13.2. The van der Waals surface area contributed by atoms with E-state index in [2.05, 4.69) is 35.9 Å². The fraction of sp³-hybridized carbons (Fsp3) is 0.381. The molecule has 2 atom stereocenters. The van der Waals surface area contributed by atoms with E-state index in [0.29, 0.717) is 6.54 Å². The summed E-state index contributed by atoms with van der Waals surface area (Å²) in [5, 5.41) is 3.02. The summed E-state index contributed by atoms with van der Waals surface area (Å²) in [6, 6.07) is 12.2. The van der Waals surface area contributed by atoms with Crippen molar-refractivity contribution in [2.24, 2.45) is 0 Å². The first-order chi connectivity index (χ1) is 12.0. The Bertz CT molecular complexity index is 982. The van der Waals surface area contributed by atoms with E-state index in [-0.39, 0.29) is 17.6 Å². The van der Waals surface area contributed by atoms with Crippen LogP contribution in [-0.2, 0) is 11.3 Å². The number of aromatic amines is 1. The van der Waals surface area contributed by atoms with Gasteiger partial charge in [-0.3, -0.25) is 9.69 Å². The first-order valence-electron chi connectivity index (χ1n) is 8.94. The minimum Gasteiger partial charge on any atom is -0.373 e. The predicted molar refractivity (Wildman–Crippen MR) is 102 cm³/mol. The quantitative estimate of drug-likeness (QED) is 0.727. The van der Waals surface area contributed by atoms with Crippen LogP contribution >= 0.6 is 0 Å². The Morgan fingerprint density at radius 1 is 1.08 bits per heavy atom. The molecule has 25 heavy (non-hydrogen) atoms. The first kappa shape index (κ1) is 16.3. The number of rotatable bonds is 2. The zero-order chi connectivity index (χ0) is 17.6. The van der Waals surface area contributed by atoms with Gasteiger partial charge in [0.15, 0.2) is 5.43 Å². The molecule has 1 aliphatic heterocycles. The molecule has 0 saturated carbocycles. The maximum Gasteiger partial charge on any atom is 0.194 e. The molecule has 130 valence electrons. The predicted octanol–water partition coefficient (Wildman–Crippen LogP) is 3.60. The Morgan fingerprint density at radius 3 is 2.56 bits per heavy atom. The standard InChI is InChI=1S/C21H24N2O2/c1-13-10-23(11-14(2)25-13)12-19-15(3)22-20-17-7-5-4-6-16(17)8-9-18(20)21(19)24/h4-9,13-14H,10-12H2,1-3H3,(H,22,24)/t13-,14+. The van der Waals surface area contributed by atoms with Crippen molar-refractivity contribution in [3.63, 3.8) is 0 Å². The SMILES string of the molecule is Cc1[nH]c2c(ccc3ccccc32)c(=O)c1CN1C[C@@H](C)O[C@@H](C)C1. The van der Waals surface area contributed by atoms with E-state index in [4.69, 9.17) is 4.74 Å². The van der Waals surface area contributed by atoms with Crippen LogP contribution in [0, 0.1) is 6.92 Å². The molecule has 0 aliphatic carbocycles. The molecule has 1 aromatic heterocycles.